The zero-order valence-electron chi connectivity index (χ0n) is 9.80. The van der Waals surface area contributed by atoms with Crippen molar-refractivity contribution in [2.24, 2.45) is 11.8 Å². The molecule has 2 saturated carbocycles. The average molecular weight is 209 g/mol. The van der Waals surface area contributed by atoms with E-state index in [2.05, 4.69) is 12.2 Å². The van der Waals surface area contributed by atoms with Crippen LogP contribution in [-0.2, 0) is 4.79 Å². The normalized spacial score (nSPS) is 32.9. The van der Waals surface area contributed by atoms with E-state index < -0.39 is 0 Å². The third-order valence-corrected chi connectivity index (χ3v) is 4.15. The highest BCUT2D eigenvalue weighted by Gasteiger charge is 2.30. The lowest BCUT2D eigenvalue weighted by Gasteiger charge is -2.25. The minimum atomic E-state index is 0.312. The maximum Gasteiger partial charge on any atom is 0.223 e. The van der Waals surface area contributed by atoms with Gasteiger partial charge in [-0.15, -0.1) is 0 Å². The van der Waals surface area contributed by atoms with Gasteiger partial charge in [0.05, 0.1) is 0 Å². The van der Waals surface area contributed by atoms with Crippen LogP contribution in [0.25, 0.3) is 0 Å². The molecule has 2 nitrogen and oxygen atoms in total. The molecule has 0 heterocycles. The van der Waals surface area contributed by atoms with Crippen LogP contribution in [0.2, 0.25) is 0 Å². The van der Waals surface area contributed by atoms with E-state index >= 15 is 0 Å². The molecule has 2 aliphatic rings. The summed E-state index contributed by atoms with van der Waals surface area (Å²) in [5.41, 5.74) is 0. The summed E-state index contributed by atoms with van der Waals surface area (Å²) < 4.78 is 0. The Labute approximate surface area is 92.8 Å². The number of hydrogen-bond donors (Lipinski definition) is 1. The van der Waals surface area contributed by atoms with Crippen molar-refractivity contribution in [2.75, 3.05) is 0 Å². The molecule has 0 aromatic carbocycles. The fourth-order valence-electron chi connectivity index (χ4n) is 3.09. The van der Waals surface area contributed by atoms with E-state index in [4.69, 9.17) is 0 Å². The third kappa shape index (κ3) is 2.73. The van der Waals surface area contributed by atoms with Gasteiger partial charge in [-0.05, 0) is 31.6 Å². The van der Waals surface area contributed by atoms with E-state index in [1.807, 2.05) is 0 Å². The van der Waals surface area contributed by atoms with Crippen molar-refractivity contribution in [3.05, 3.63) is 0 Å². The molecule has 0 saturated heterocycles. The molecule has 0 aliphatic heterocycles. The van der Waals surface area contributed by atoms with Gasteiger partial charge in [-0.2, -0.15) is 0 Å². The molecule has 2 heteroatoms. The van der Waals surface area contributed by atoms with Crippen molar-refractivity contribution in [3.8, 4) is 0 Å². The first kappa shape index (κ1) is 11.0. The molecule has 2 fully saturated rings. The van der Waals surface area contributed by atoms with Gasteiger partial charge in [0.15, 0.2) is 0 Å². The summed E-state index contributed by atoms with van der Waals surface area (Å²) >= 11 is 0. The molecular weight excluding hydrogens is 186 g/mol. The van der Waals surface area contributed by atoms with Crippen LogP contribution in [0.4, 0.5) is 0 Å². The van der Waals surface area contributed by atoms with Crippen LogP contribution in [-0.4, -0.2) is 11.9 Å². The van der Waals surface area contributed by atoms with Crippen molar-refractivity contribution in [2.45, 2.75) is 64.3 Å². The van der Waals surface area contributed by atoms with Crippen LogP contribution in [0, 0.1) is 11.8 Å². The Hall–Kier alpha value is -0.530. The zero-order chi connectivity index (χ0) is 10.7. The minimum Gasteiger partial charge on any atom is -0.353 e. The van der Waals surface area contributed by atoms with Gasteiger partial charge in [0, 0.05) is 12.0 Å². The molecule has 2 unspecified atom stereocenters. The van der Waals surface area contributed by atoms with E-state index in [0.717, 1.165) is 6.42 Å². The predicted molar refractivity (Wildman–Crippen MR) is 61.5 cm³/mol. The van der Waals surface area contributed by atoms with Gasteiger partial charge in [0.2, 0.25) is 5.91 Å². The largest absolute Gasteiger partial charge is 0.353 e. The number of rotatable bonds is 2. The lowest BCUT2D eigenvalue weighted by Crippen LogP contribution is -2.40. The van der Waals surface area contributed by atoms with Gasteiger partial charge in [-0.3, -0.25) is 4.79 Å². The second kappa shape index (κ2) is 5.00. The highest BCUT2D eigenvalue weighted by Crippen LogP contribution is 2.31. The predicted octanol–water partition coefficient (Wildman–Crippen LogP) is 2.87. The standard InChI is InChI=1S/C13H23NO/c1-10-6-5-9-12(10)13(15)14-11-7-3-2-4-8-11/h10-12H,2-9H2,1H3,(H,14,15). The molecular formula is C13H23NO. The SMILES string of the molecule is CC1CCCC1C(=O)NC1CCCCC1. The Morgan fingerprint density at radius 3 is 2.33 bits per heavy atom. The summed E-state index contributed by atoms with van der Waals surface area (Å²) in [6.45, 7) is 2.22. The van der Waals surface area contributed by atoms with Crippen LogP contribution in [0.3, 0.4) is 0 Å². The Morgan fingerprint density at radius 2 is 1.73 bits per heavy atom. The Bertz CT molecular complexity index is 221. The molecule has 0 bridgehead atoms. The molecule has 86 valence electrons. The Morgan fingerprint density at radius 1 is 1.00 bits per heavy atom. The van der Waals surface area contributed by atoms with Crippen molar-refractivity contribution >= 4 is 5.91 Å². The van der Waals surface area contributed by atoms with Gasteiger partial charge < -0.3 is 5.32 Å². The molecule has 0 spiro atoms. The molecule has 2 rings (SSSR count). The van der Waals surface area contributed by atoms with E-state index in [1.165, 1.54) is 44.9 Å². The summed E-state index contributed by atoms with van der Waals surface area (Å²) in [5, 5.41) is 3.25. The summed E-state index contributed by atoms with van der Waals surface area (Å²) in [5.74, 6) is 1.26. The Kier molecular flexibility index (Phi) is 3.66. The molecule has 0 aromatic rings. The first-order valence-corrected chi connectivity index (χ1v) is 6.58. The second-order valence-electron chi connectivity index (χ2n) is 5.36. The van der Waals surface area contributed by atoms with E-state index in [9.17, 15) is 4.79 Å². The lowest BCUT2D eigenvalue weighted by atomic mass is 9.93. The maximum absolute atomic E-state index is 12.0. The van der Waals surface area contributed by atoms with Crippen LogP contribution >= 0.6 is 0 Å². The summed E-state index contributed by atoms with van der Waals surface area (Å²) in [6, 6.07) is 0.485. The molecule has 0 aromatic heterocycles. The number of hydrogen-bond acceptors (Lipinski definition) is 1. The van der Waals surface area contributed by atoms with E-state index in [-0.39, 0.29) is 0 Å². The molecule has 1 N–H and O–H groups in total. The van der Waals surface area contributed by atoms with Crippen LogP contribution in [0.15, 0.2) is 0 Å². The average Bonchev–Trinajstić information content (AvgIpc) is 2.66. The molecule has 0 radical (unpaired) electrons. The first-order chi connectivity index (χ1) is 7.27. The monoisotopic (exact) mass is 209 g/mol. The smallest absolute Gasteiger partial charge is 0.223 e. The summed E-state index contributed by atoms with van der Waals surface area (Å²) in [6.07, 6.45) is 9.94. The highest BCUT2D eigenvalue weighted by molar-refractivity contribution is 5.79. The van der Waals surface area contributed by atoms with Gasteiger partial charge in [-0.25, -0.2) is 0 Å². The van der Waals surface area contributed by atoms with Gasteiger partial charge in [-0.1, -0.05) is 32.6 Å². The number of carbonyl (C=O) groups is 1. The summed E-state index contributed by atoms with van der Waals surface area (Å²) in [7, 11) is 0. The van der Waals surface area contributed by atoms with Crippen molar-refractivity contribution in [1.29, 1.82) is 0 Å². The van der Waals surface area contributed by atoms with Crippen LogP contribution in [0.1, 0.15) is 58.3 Å². The Balaban J connectivity index is 1.80. The van der Waals surface area contributed by atoms with Crippen molar-refractivity contribution < 1.29 is 4.79 Å². The van der Waals surface area contributed by atoms with Crippen molar-refractivity contribution in [1.82, 2.24) is 5.32 Å². The van der Waals surface area contributed by atoms with Crippen LogP contribution < -0.4 is 5.32 Å². The van der Waals surface area contributed by atoms with Gasteiger partial charge in [0.25, 0.3) is 0 Å². The summed E-state index contributed by atoms with van der Waals surface area (Å²) in [4.78, 5) is 12.0. The first-order valence-electron chi connectivity index (χ1n) is 6.58. The zero-order valence-corrected chi connectivity index (χ0v) is 9.80. The molecule has 2 atom stereocenters. The fourth-order valence-corrected chi connectivity index (χ4v) is 3.09. The van der Waals surface area contributed by atoms with Crippen LogP contribution in [0.5, 0.6) is 0 Å². The highest BCUT2D eigenvalue weighted by atomic mass is 16.2. The number of nitrogens with one attached hydrogen (secondary N) is 1. The quantitative estimate of drug-likeness (QED) is 0.744. The number of carbonyl (C=O) groups excluding carboxylic acids is 1. The van der Waals surface area contributed by atoms with E-state index in [1.54, 1.807) is 0 Å². The fraction of sp³-hybridized carbons (Fsp3) is 0.923. The van der Waals surface area contributed by atoms with Gasteiger partial charge >= 0.3 is 0 Å². The molecule has 1 amide bonds. The minimum absolute atomic E-state index is 0.312. The van der Waals surface area contributed by atoms with E-state index in [0.29, 0.717) is 23.8 Å². The second-order valence-corrected chi connectivity index (χ2v) is 5.36. The molecule has 2 aliphatic carbocycles. The number of amides is 1. The van der Waals surface area contributed by atoms with Crippen molar-refractivity contribution in [3.63, 3.8) is 0 Å². The maximum atomic E-state index is 12.0. The van der Waals surface area contributed by atoms with Gasteiger partial charge in [0.1, 0.15) is 0 Å². The lowest BCUT2D eigenvalue weighted by molar-refractivity contribution is -0.126. The molecule has 15 heavy (non-hydrogen) atoms. The topological polar surface area (TPSA) is 29.1 Å². The third-order valence-electron chi connectivity index (χ3n) is 4.15.